The Balaban J connectivity index is 1.65. The number of nitro groups is 1. The minimum Gasteiger partial charge on any atom is -0.448 e. The van der Waals surface area contributed by atoms with Gasteiger partial charge < -0.3 is 10.1 Å². The first kappa shape index (κ1) is 19.0. The van der Waals surface area contributed by atoms with E-state index in [1.807, 2.05) is 0 Å². The Morgan fingerprint density at radius 3 is 2.64 bits per heavy atom. The van der Waals surface area contributed by atoms with Gasteiger partial charge in [-0.1, -0.05) is 12.1 Å². The molecular weight excluding hydrogens is 386 g/mol. The van der Waals surface area contributed by atoms with E-state index in [4.69, 9.17) is 4.74 Å². The molecule has 1 N–H and O–H groups in total. The Hall–Kier alpha value is -3.73. The number of nitrogens with one attached hydrogen (secondary N) is 1. The number of thiazole rings is 1. The van der Waals surface area contributed by atoms with Crippen LogP contribution in [-0.4, -0.2) is 37.9 Å². The second-order valence-electron chi connectivity index (χ2n) is 5.42. The predicted molar refractivity (Wildman–Crippen MR) is 99.7 cm³/mol. The fraction of sp³-hybridized carbons (Fsp3) is 0.118. The number of rotatable bonds is 6. The zero-order valence-corrected chi connectivity index (χ0v) is 15.3. The quantitative estimate of drug-likeness (QED) is 0.379. The van der Waals surface area contributed by atoms with E-state index in [0.717, 1.165) is 11.3 Å². The van der Waals surface area contributed by atoms with Crippen LogP contribution in [0.25, 0.3) is 10.8 Å². The average molecular weight is 399 g/mol. The standard InChI is InChI=1S/C17H13N5O5S/c1-10(15(23)20-11-5-2-3-6-13(11)22(25)26)27-17(24)12-9-28-16(21-12)14-18-7-4-8-19-14/h2-10H,1H3,(H,20,23)/t10-/m1/s1. The van der Waals surface area contributed by atoms with Gasteiger partial charge in [-0.2, -0.15) is 0 Å². The molecule has 142 valence electrons. The molecule has 1 aromatic carbocycles. The molecule has 3 aromatic rings. The van der Waals surface area contributed by atoms with Crippen molar-refractivity contribution in [3.05, 3.63) is 63.9 Å². The maximum absolute atomic E-state index is 12.2. The molecule has 1 atom stereocenters. The minimum absolute atomic E-state index is 0.0116. The number of hydrogen-bond donors (Lipinski definition) is 1. The van der Waals surface area contributed by atoms with Crippen LogP contribution in [0.5, 0.6) is 0 Å². The summed E-state index contributed by atoms with van der Waals surface area (Å²) in [5, 5.41) is 15.3. The first-order valence-electron chi connectivity index (χ1n) is 7.94. The summed E-state index contributed by atoms with van der Waals surface area (Å²) in [7, 11) is 0. The fourth-order valence-electron chi connectivity index (χ4n) is 2.13. The highest BCUT2D eigenvalue weighted by molar-refractivity contribution is 7.13. The molecule has 0 fully saturated rings. The Labute approximate surface area is 162 Å². The van der Waals surface area contributed by atoms with E-state index in [1.165, 1.54) is 30.5 Å². The summed E-state index contributed by atoms with van der Waals surface area (Å²) in [6.07, 6.45) is 1.92. The highest BCUT2D eigenvalue weighted by Gasteiger charge is 2.23. The van der Waals surface area contributed by atoms with Crippen LogP contribution in [0.3, 0.4) is 0 Å². The van der Waals surface area contributed by atoms with Gasteiger partial charge in [0.1, 0.15) is 5.69 Å². The van der Waals surface area contributed by atoms with Gasteiger partial charge in [0.2, 0.25) is 0 Å². The predicted octanol–water partition coefficient (Wildman–Crippen LogP) is 2.69. The Bertz CT molecular complexity index is 1020. The molecule has 0 saturated heterocycles. The molecule has 0 aliphatic rings. The molecule has 10 nitrogen and oxygen atoms in total. The van der Waals surface area contributed by atoms with Gasteiger partial charge in [0.15, 0.2) is 22.6 Å². The lowest BCUT2D eigenvalue weighted by Crippen LogP contribution is -2.30. The lowest BCUT2D eigenvalue weighted by molar-refractivity contribution is -0.383. The normalized spacial score (nSPS) is 11.5. The lowest BCUT2D eigenvalue weighted by Gasteiger charge is -2.12. The van der Waals surface area contributed by atoms with Crippen LogP contribution >= 0.6 is 11.3 Å². The maximum Gasteiger partial charge on any atom is 0.358 e. The molecule has 0 radical (unpaired) electrons. The summed E-state index contributed by atoms with van der Waals surface area (Å²) in [6, 6.07) is 7.32. The second-order valence-corrected chi connectivity index (χ2v) is 6.28. The van der Waals surface area contributed by atoms with E-state index < -0.39 is 22.9 Å². The summed E-state index contributed by atoms with van der Waals surface area (Å²) in [5.74, 6) is -1.14. The second kappa shape index (κ2) is 8.31. The summed E-state index contributed by atoms with van der Waals surface area (Å²) < 4.78 is 5.10. The van der Waals surface area contributed by atoms with E-state index in [-0.39, 0.29) is 17.1 Å². The van der Waals surface area contributed by atoms with E-state index in [0.29, 0.717) is 10.8 Å². The van der Waals surface area contributed by atoms with Crippen LogP contribution in [0.2, 0.25) is 0 Å². The first-order valence-corrected chi connectivity index (χ1v) is 8.82. The number of para-hydroxylation sites is 2. The van der Waals surface area contributed by atoms with E-state index in [2.05, 4.69) is 20.3 Å². The fourth-order valence-corrected chi connectivity index (χ4v) is 2.86. The van der Waals surface area contributed by atoms with Crippen LogP contribution in [0, 0.1) is 10.1 Å². The molecular formula is C17H13N5O5S. The van der Waals surface area contributed by atoms with Crippen LogP contribution in [-0.2, 0) is 9.53 Å². The zero-order valence-electron chi connectivity index (χ0n) is 14.4. The summed E-state index contributed by atoms with van der Waals surface area (Å²) in [4.78, 5) is 47.1. The summed E-state index contributed by atoms with van der Waals surface area (Å²) in [6.45, 7) is 1.36. The van der Waals surface area contributed by atoms with E-state index in [9.17, 15) is 19.7 Å². The number of amides is 1. The number of carbonyl (C=O) groups is 2. The van der Waals surface area contributed by atoms with Crippen molar-refractivity contribution in [3.8, 4) is 10.8 Å². The van der Waals surface area contributed by atoms with Crippen molar-refractivity contribution in [2.24, 2.45) is 0 Å². The number of nitrogens with zero attached hydrogens (tertiary/aromatic N) is 4. The van der Waals surface area contributed by atoms with Crippen molar-refractivity contribution < 1.29 is 19.2 Å². The minimum atomic E-state index is -1.19. The van der Waals surface area contributed by atoms with Crippen molar-refractivity contribution in [2.75, 3.05) is 5.32 Å². The number of anilines is 1. The molecule has 1 amide bonds. The van der Waals surface area contributed by atoms with Crippen molar-refractivity contribution >= 4 is 34.6 Å². The highest BCUT2D eigenvalue weighted by Crippen LogP contribution is 2.24. The Morgan fingerprint density at radius 1 is 1.21 bits per heavy atom. The number of nitro benzene ring substituents is 1. The molecule has 11 heteroatoms. The number of carbonyl (C=O) groups excluding carboxylic acids is 2. The lowest BCUT2D eigenvalue weighted by atomic mass is 10.2. The van der Waals surface area contributed by atoms with Gasteiger partial charge in [-0.25, -0.2) is 19.7 Å². The highest BCUT2D eigenvalue weighted by atomic mass is 32.1. The number of benzene rings is 1. The van der Waals surface area contributed by atoms with Gasteiger partial charge in [0.25, 0.3) is 11.6 Å². The van der Waals surface area contributed by atoms with Crippen LogP contribution in [0.4, 0.5) is 11.4 Å². The molecule has 0 bridgehead atoms. The SMILES string of the molecule is C[C@@H](OC(=O)c1csc(-c2ncccn2)n1)C(=O)Nc1ccccc1[N+](=O)[O-]. The summed E-state index contributed by atoms with van der Waals surface area (Å²) >= 11 is 1.16. The third-order valence-corrected chi connectivity index (χ3v) is 4.32. The van der Waals surface area contributed by atoms with Gasteiger partial charge >= 0.3 is 5.97 Å². The third-order valence-electron chi connectivity index (χ3n) is 3.48. The topological polar surface area (TPSA) is 137 Å². The van der Waals surface area contributed by atoms with Crippen molar-refractivity contribution in [1.29, 1.82) is 0 Å². The van der Waals surface area contributed by atoms with Crippen molar-refractivity contribution in [1.82, 2.24) is 15.0 Å². The van der Waals surface area contributed by atoms with Gasteiger partial charge in [-0.3, -0.25) is 14.9 Å². The first-order chi connectivity index (χ1) is 13.5. The Morgan fingerprint density at radius 2 is 1.93 bits per heavy atom. The van der Waals surface area contributed by atoms with Gasteiger partial charge in [-0.05, 0) is 19.1 Å². The number of hydrogen-bond acceptors (Lipinski definition) is 9. The molecule has 28 heavy (non-hydrogen) atoms. The monoisotopic (exact) mass is 399 g/mol. The smallest absolute Gasteiger partial charge is 0.358 e. The van der Waals surface area contributed by atoms with Gasteiger partial charge in [0, 0.05) is 23.8 Å². The number of aromatic nitrogens is 3. The molecule has 0 saturated carbocycles. The molecule has 2 aromatic heterocycles. The molecule has 0 aliphatic carbocycles. The van der Waals surface area contributed by atoms with Crippen LogP contribution in [0.15, 0.2) is 48.1 Å². The molecule has 0 aliphatic heterocycles. The molecule has 0 spiro atoms. The molecule has 0 unspecified atom stereocenters. The van der Waals surface area contributed by atoms with Crippen molar-refractivity contribution in [3.63, 3.8) is 0 Å². The van der Waals surface area contributed by atoms with Gasteiger partial charge in [-0.15, -0.1) is 11.3 Å². The molecule has 2 heterocycles. The summed E-state index contributed by atoms with van der Waals surface area (Å²) in [5.41, 5.74) is -0.239. The van der Waals surface area contributed by atoms with Crippen LogP contribution in [0.1, 0.15) is 17.4 Å². The largest absolute Gasteiger partial charge is 0.448 e. The third kappa shape index (κ3) is 4.32. The number of ether oxygens (including phenoxy) is 1. The number of esters is 1. The van der Waals surface area contributed by atoms with Crippen molar-refractivity contribution in [2.45, 2.75) is 13.0 Å². The van der Waals surface area contributed by atoms with Crippen LogP contribution < -0.4 is 5.32 Å². The molecule has 3 rings (SSSR count). The average Bonchev–Trinajstić information content (AvgIpc) is 3.19. The zero-order chi connectivity index (χ0) is 20.1. The van der Waals surface area contributed by atoms with E-state index >= 15 is 0 Å². The van der Waals surface area contributed by atoms with Gasteiger partial charge in [0.05, 0.1) is 4.92 Å². The van der Waals surface area contributed by atoms with E-state index in [1.54, 1.807) is 24.5 Å². The Kier molecular flexibility index (Phi) is 5.65. The maximum atomic E-state index is 12.2.